The Morgan fingerprint density at radius 3 is 2.41 bits per heavy atom. The quantitative estimate of drug-likeness (QED) is 0.771. The Bertz CT molecular complexity index is 495. The molecule has 1 rings (SSSR count). The molecule has 0 unspecified atom stereocenters. The second-order valence-electron chi connectivity index (χ2n) is 4.87. The lowest BCUT2D eigenvalue weighted by molar-refractivity contribution is 0.377. The van der Waals surface area contributed by atoms with E-state index in [1.165, 1.54) is 0 Å². The molecule has 0 aliphatic heterocycles. The summed E-state index contributed by atoms with van der Waals surface area (Å²) >= 11 is 0. The van der Waals surface area contributed by atoms with Crippen molar-refractivity contribution in [3.63, 3.8) is 0 Å². The van der Waals surface area contributed by atoms with Crippen molar-refractivity contribution >= 4 is 9.84 Å². The number of sulfone groups is 1. The molecule has 0 N–H and O–H groups in total. The molecule has 0 saturated heterocycles. The fourth-order valence-corrected chi connectivity index (χ4v) is 2.20. The van der Waals surface area contributed by atoms with Crippen LogP contribution in [-0.2, 0) is 21.0 Å². The lowest BCUT2D eigenvalue weighted by atomic mass is 9.97. The molecule has 0 atom stereocenters. The molecule has 0 aliphatic rings. The smallest absolute Gasteiger partial charge is 0.231 e. The standard InChI is InChI=1S/C11H18N2O3S/c1-5-6-7-17(14,15)8-9-12-13-10(16-9)11(2,3)4/h5-6H,7-8H2,1-4H3/b6-5+. The molecule has 0 amide bonds. The average molecular weight is 258 g/mol. The molecule has 17 heavy (non-hydrogen) atoms. The van der Waals surface area contributed by atoms with E-state index in [-0.39, 0.29) is 22.8 Å². The molecule has 0 radical (unpaired) electrons. The van der Waals surface area contributed by atoms with Crippen molar-refractivity contribution in [3.05, 3.63) is 23.9 Å². The van der Waals surface area contributed by atoms with E-state index < -0.39 is 9.84 Å². The minimum atomic E-state index is -3.21. The Morgan fingerprint density at radius 2 is 1.94 bits per heavy atom. The molecule has 0 fully saturated rings. The highest BCUT2D eigenvalue weighted by atomic mass is 32.2. The zero-order chi connectivity index (χ0) is 13.1. The Labute approximate surface area is 102 Å². The largest absolute Gasteiger partial charge is 0.424 e. The summed E-state index contributed by atoms with van der Waals surface area (Å²) in [5.41, 5.74) is -0.266. The topological polar surface area (TPSA) is 73.1 Å². The van der Waals surface area contributed by atoms with E-state index in [9.17, 15) is 8.42 Å². The molecule has 0 bridgehead atoms. The van der Waals surface area contributed by atoms with Crippen LogP contribution in [0.4, 0.5) is 0 Å². The molecule has 6 heteroatoms. The Morgan fingerprint density at radius 1 is 1.29 bits per heavy atom. The summed E-state index contributed by atoms with van der Waals surface area (Å²) in [6, 6.07) is 0. The van der Waals surface area contributed by atoms with Crippen LogP contribution in [0.2, 0.25) is 0 Å². The third-order valence-electron chi connectivity index (χ3n) is 2.04. The van der Waals surface area contributed by atoms with Gasteiger partial charge in [-0.2, -0.15) is 0 Å². The zero-order valence-electron chi connectivity index (χ0n) is 10.6. The molecule has 1 aromatic rings. The summed E-state index contributed by atoms with van der Waals surface area (Å²) in [7, 11) is -3.21. The summed E-state index contributed by atoms with van der Waals surface area (Å²) in [6.45, 7) is 7.57. The van der Waals surface area contributed by atoms with Crippen molar-refractivity contribution in [1.29, 1.82) is 0 Å². The number of aromatic nitrogens is 2. The van der Waals surface area contributed by atoms with E-state index >= 15 is 0 Å². The third-order valence-corrected chi connectivity index (χ3v) is 3.42. The van der Waals surface area contributed by atoms with Crippen molar-refractivity contribution in [1.82, 2.24) is 10.2 Å². The molecule has 5 nitrogen and oxygen atoms in total. The number of nitrogens with zero attached hydrogens (tertiary/aromatic N) is 2. The molecule has 0 spiro atoms. The molecular formula is C11H18N2O3S. The second-order valence-corrected chi connectivity index (χ2v) is 6.98. The molecule has 1 aromatic heterocycles. The van der Waals surface area contributed by atoms with Gasteiger partial charge in [0.15, 0.2) is 9.84 Å². The van der Waals surface area contributed by atoms with Crippen molar-refractivity contribution in [2.45, 2.75) is 38.9 Å². The van der Waals surface area contributed by atoms with Crippen LogP contribution in [0.25, 0.3) is 0 Å². The van der Waals surface area contributed by atoms with Crippen LogP contribution < -0.4 is 0 Å². The number of hydrogen-bond donors (Lipinski definition) is 0. The molecule has 0 aromatic carbocycles. The van der Waals surface area contributed by atoms with Crippen LogP contribution in [0.15, 0.2) is 16.6 Å². The maximum Gasteiger partial charge on any atom is 0.231 e. The van der Waals surface area contributed by atoms with Gasteiger partial charge in [0, 0.05) is 5.41 Å². The van der Waals surface area contributed by atoms with E-state index in [4.69, 9.17) is 4.42 Å². The number of hydrogen-bond acceptors (Lipinski definition) is 5. The zero-order valence-corrected chi connectivity index (χ0v) is 11.4. The molecule has 0 saturated carbocycles. The average Bonchev–Trinajstić information content (AvgIpc) is 2.62. The van der Waals surface area contributed by atoms with Gasteiger partial charge in [-0.05, 0) is 6.92 Å². The maximum atomic E-state index is 11.6. The molecule has 0 aliphatic carbocycles. The highest BCUT2D eigenvalue weighted by Gasteiger charge is 2.23. The van der Waals surface area contributed by atoms with Gasteiger partial charge in [-0.3, -0.25) is 0 Å². The van der Waals surface area contributed by atoms with Crippen molar-refractivity contribution in [3.8, 4) is 0 Å². The van der Waals surface area contributed by atoms with E-state index in [0.717, 1.165) is 0 Å². The normalized spacial score (nSPS) is 13.4. The minimum absolute atomic E-state index is 0.00324. The van der Waals surface area contributed by atoms with Gasteiger partial charge >= 0.3 is 0 Å². The van der Waals surface area contributed by atoms with Crippen LogP contribution in [0.1, 0.15) is 39.5 Å². The summed E-state index contributed by atoms with van der Waals surface area (Å²) in [5.74, 6) is 0.394. The van der Waals surface area contributed by atoms with Gasteiger partial charge < -0.3 is 4.42 Å². The van der Waals surface area contributed by atoms with Gasteiger partial charge in [0.25, 0.3) is 0 Å². The van der Waals surface area contributed by atoms with Gasteiger partial charge in [-0.25, -0.2) is 8.42 Å². The lowest BCUT2D eigenvalue weighted by Crippen LogP contribution is -2.11. The van der Waals surface area contributed by atoms with E-state index in [2.05, 4.69) is 10.2 Å². The monoisotopic (exact) mass is 258 g/mol. The lowest BCUT2D eigenvalue weighted by Gasteiger charge is -2.10. The van der Waals surface area contributed by atoms with Gasteiger partial charge in [0.05, 0.1) is 5.75 Å². The fourth-order valence-electron chi connectivity index (χ4n) is 1.10. The minimum Gasteiger partial charge on any atom is -0.424 e. The highest BCUT2D eigenvalue weighted by Crippen LogP contribution is 2.20. The SMILES string of the molecule is C/C=C/CS(=O)(=O)Cc1nnc(C(C)(C)C)o1. The van der Waals surface area contributed by atoms with Gasteiger partial charge in [0.2, 0.25) is 11.8 Å². The summed E-state index contributed by atoms with van der Waals surface area (Å²) < 4.78 is 28.6. The first kappa shape index (κ1) is 13.9. The van der Waals surface area contributed by atoms with E-state index in [0.29, 0.717) is 5.89 Å². The summed E-state index contributed by atoms with van der Waals surface area (Å²) in [6.07, 6.45) is 3.29. The van der Waals surface area contributed by atoms with Crippen molar-refractivity contribution < 1.29 is 12.8 Å². The van der Waals surface area contributed by atoms with Crippen LogP contribution in [0.5, 0.6) is 0 Å². The van der Waals surface area contributed by atoms with Gasteiger partial charge in [-0.15, -0.1) is 10.2 Å². The Kier molecular flexibility index (Phi) is 4.08. The first-order valence-corrected chi connectivity index (χ1v) is 7.21. The predicted molar refractivity (Wildman–Crippen MR) is 65.3 cm³/mol. The van der Waals surface area contributed by atoms with Gasteiger partial charge in [0.1, 0.15) is 5.75 Å². The number of allylic oxidation sites excluding steroid dienone is 1. The van der Waals surface area contributed by atoms with E-state index in [1.54, 1.807) is 19.1 Å². The summed E-state index contributed by atoms with van der Waals surface area (Å²) in [5, 5.41) is 7.61. The second kappa shape index (κ2) is 5.00. The third kappa shape index (κ3) is 4.30. The molecule has 1 heterocycles. The first-order chi connectivity index (χ1) is 7.74. The number of rotatable bonds is 4. The maximum absolute atomic E-state index is 11.6. The summed E-state index contributed by atoms with van der Waals surface area (Å²) in [4.78, 5) is 0. The van der Waals surface area contributed by atoms with Crippen LogP contribution in [-0.4, -0.2) is 24.4 Å². The van der Waals surface area contributed by atoms with E-state index in [1.807, 2.05) is 20.8 Å². The Hall–Kier alpha value is -1.17. The van der Waals surface area contributed by atoms with Crippen LogP contribution >= 0.6 is 0 Å². The van der Waals surface area contributed by atoms with Crippen LogP contribution in [0.3, 0.4) is 0 Å². The predicted octanol–water partition coefficient (Wildman–Crippen LogP) is 1.86. The highest BCUT2D eigenvalue weighted by molar-refractivity contribution is 7.90. The fraction of sp³-hybridized carbons (Fsp3) is 0.636. The molecule has 96 valence electrons. The van der Waals surface area contributed by atoms with Gasteiger partial charge in [-0.1, -0.05) is 32.9 Å². The Balaban J connectivity index is 2.80. The van der Waals surface area contributed by atoms with Crippen LogP contribution in [0, 0.1) is 0 Å². The first-order valence-electron chi connectivity index (χ1n) is 5.39. The van der Waals surface area contributed by atoms with Crippen molar-refractivity contribution in [2.24, 2.45) is 0 Å². The molecular weight excluding hydrogens is 240 g/mol. The van der Waals surface area contributed by atoms with Crippen molar-refractivity contribution in [2.75, 3.05) is 5.75 Å².